The second-order valence-electron chi connectivity index (χ2n) is 8.82. The summed E-state index contributed by atoms with van der Waals surface area (Å²) in [6, 6.07) is 14.1. The first-order chi connectivity index (χ1) is 17.1. The number of rotatable bonds is 6. The van der Waals surface area contributed by atoms with Gasteiger partial charge in [0.05, 0.1) is 49.4 Å². The van der Waals surface area contributed by atoms with Crippen LogP contribution in [0.4, 0.5) is 21.9 Å². The van der Waals surface area contributed by atoms with Gasteiger partial charge in [-0.3, -0.25) is 14.7 Å². The van der Waals surface area contributed by atoms with Crippen LogP contribution in [0.15, 0.2) is 53.6 Å². The third-order valence-electron chi connectivity index (χ3n) is 6.61. The number of thioether (sulfide) groups is 1. The summed E-state index contributed by atoms with van der Waals surface area (Å²) in [7, 11) is 1.64. The van der Waals surface area contributed by atoms with Gasteiger partial charge in [-0.15, -0.1) is 11.8 Å². The number of aromatic nitrogens is 1. The van der Waals surface area contributed by atoms with E-state index in [0.717, 1.165) is 46.0 Å². The minimum absolute atomic E-state index is 0.0347. The number of carbonyl (C=O) groups excluding carboxylic acids is 2. The molecule has 4 heterocycles. The number of pyridine rings is 1. The van der Waals surface area contributed by atoms with Crippen LogP contribution in [0.2, 0.25) is 0 Å². The summed E-state index contributed by atoms with van der Waals surface area (Å²) in [5.74, 6) is 1.07. The fourth-order valence-electron chi connectivity index (χ4n) is 4.70. The average Bonchev–Trinajstić information content (AvgIpc) is 3.21. The lowest BCUT2D eigenvalue weighted by Gasteiger charge is -2.41. The van der Waals surface area contributed by atoms with Crippen LogP contribution < -0.4 is 25.2 Å². The van der Waals surface area contributed by atoms with E-state index >= 15 is 0 Å². The van der Waals surface area contributed by atoms with E-state index in [-0.39, 0.29) is 24.1 Å². The molecule has 0 unspecified atom stereocenters. The molecule has 2 amide bonds. The Morgan fingerprint density at radius 3 is 2.91 bits per heavy atom. The maximum absolute atomic E-state index is 12.8. The lowest BCUT2D eigenvalue weighted by molar-refractivity contribution is -0.113. The van der Waals surface area contributed by atoms with Crippen molar-refractivity contribution in [3.8, 4) is 5.75 Å². The van der Waals surface area contributed by atoms with E-state index in [1.165, 1.54) is 11.8 Å². The molecular formula is C25H25N5O4S. The Morgan fingerprint density at radius 2 is 2.11 bits per heavy atom. The van der Waals surface area contributed by atoms with Crippen molar-refractivity contribution in [2.75, 3.05) is 54.2 Å². The number of carbonyl (C=O) groups is 2. The van der Waals surface area contributed by atoms with Crippen LogP contribution in [0.3, 0.4) is 0 Å². The minimum Gasteiger partial charge on any atom is -0.495 e. The molecule has 0 spiro atoms. The van der Waals surface area contributed by atoms with E-state index in [4.69, 9.17) is 9.47 Å². The number of nitrogens with one attached hydrogen (secondary N) is 2. The van der Waals surface area contributed by atoms with Gasteiger partial charge in [-0.2, -0.15) is 0 Å². The fraction of sp³-hybridized carbons (Fsp3) is 0.320. The Labute approximate surface area is 206 Å². The Bertz CT molecular complexity index is 1310. The minimum atomic E-state index is -0.377. The Kier molecular flexibility index (Phi) is 5.62. The molecule has 1 aromatic heterocycles. The number of ether oxygens (including phenoxy) is 2. The Hall–Kier alpha value is -3.50. The molecule has 3 aliphatic rings. The maximum Gasteiger partial charge on any atom is 0.414 e. The van der Waals surface area contributed by atoms with E-state index in [1.54, 1.807) is 18.2 Å². The monoisotopic (exact) mass is 491 g/mol. The van der Waals surface area contributed by atoms with E-state index in [1.807, 2.05) is 36.4 Å². The summed E-state index contributed by atoms with van der Waals surface area (Å²) < 4.78 is 11.2. The molecule has 0 aliphatic carbocycles. The molecule has 1 atom stereocenters. The van der Waals surface area contributed by atoms with Crippen molar-refractivity contribution in [2.24, 2.45) is 0 Å². The molecule has 0 radical (unpaired) electrons. The van der Waals surface area contributed by atoms with Crippen LogP contribution in [0.1, 0.15) is 0 Å². The Morgan fingerprint density at radius 1 is 1.23 bits per heavy atom. The molecule has 180 valence electrons. The molecule has 2 fully saturated rings. The largest absolute Gasteiger partial charge is 0.495 e. The van der Waals surface area contributed by atoms with Crippen molar-refractivity contribution >= 4 is 51.7 Å². The molecule has 3 aliphatic heterocycles. The SMILES string of the molecule is COc1cnc2cccc(N(C[C@@H]3CN(c4ccc5c(c4)NC(=O)CS5)C(=O)O3)C3CNC3)c2c1. The van der Waals surface area contributed by atoms with Gasteiger partial charge in [0.15, 0.2) is 0 Å². The van der Waals surface area contributed by atoms with Crippen molar-refractivity contribution in [3.05, 3.63) is 48.7 Å². The molecule has 0 saturated carbocycles. The number of methoxy groups -OCH3 is 1. The van der Waals surface area contributed by atoms with Gasteiger partial charge in [-0.05, 0) is 36.4 Å². The molecule has 3 aromatic rings. The van der Waals surface area contributed by atoms with Crippen LogP contribution in [0.25, 0.3) is 10.9 Å². The van der Waals surface area contributed by atoms with Crippen LogP contribution in [-0.2, 0) is 9.53 Å². The van der Waals surface area contributed by atoms with Crippen molar-refractivity contribution in [3.63, 3.8) is 0 Å². The molecule has 35 heavy (non-hydrogen) atoms. The molecule has 2 N–H and O–H groups in total. The second-order valence-corrected chi connectivity index (χ2v) is 9.83. The molecule has 6 rings (SSSR count). The number of hydrogen-bond donors (Lipinski definition) is 2. The zero-order chi connectivity index (χ0) is 23.9. The molecule has 9 nitrogen and oxygen atoms in total. The van der Waals surface area contributed by atoms with Gasteiger partial charge < -0.3 is 25.0 Å². The highest BCUT2D eigenvalue weighted by molar-refractivity contribution is 8.00. The highest BCUT2D eigenvalue weighted by Crippen LogP contribution is 2.36. The molecule has 0 bridgehead atoms. The van der Waals surface area contributed by atoms with Crippen LogP contribution in [0, 0.1) is 0 Å². The number of benzene rings is 2. The summed E-state index contributed by atoms with van der Waals surface area (Å²) in [6.07, 6.45) is 1.03. The van der Waals surface area contributed by atoms with Crippen LogP contribution in [-0.4, -0.2) is 68.2 Å². The third kappa shape index (κ3) is 4.12. The number of nitrogens with zero attached hydrogens (tertiary/aromatic N) is 3. The zero-order valence-corrected chi connectivity index (χ0v) is 20.0. The van der Waals surface area contributed by atoms with E-state index in [9.17, 15) is 9.59 Å². The van der Waals surface area contributed by atoms with Gasteiger partial charge >= 0.3 is 6.09 Å². The first kappa shape index (κ1) is 22.0. The van der Waals surface area contributed by atoms with Gasteiger partial charge in [-0.1, -0.05) is 6.07 Å². The van der Waals surface area contributed by atoms with Crippen LogP contribution in [0.5, 0.6) is 5.75 Å². The van der Waals surface area contributed by atoms with Gasteiger partial charge in [0.25, 0.3) is 0 Å². The van der Waals surface area contributed by atoms with Gasteiger partial charge in [-0.25, -0.2) is 4.79 Å². The first-order valence-corrected chi connectivity index (χ1v) is 12.5. The standard InChI is InChI=1S/C25H25N5O4S/c1-33-17-8-19-20(27-11-17)3-2-4-22(19)29(16-9-26-10-16)12-18-13-30(25(32)34-18)15-5-6-23-21(7-15)28-24(31)14-35-23/h2-8,11,16,18,26H,9-10,12-14H2,1H3,(H,28,31)/t18-/m1/s1. The zero-order valence-electron chi connectivity index (χ0n) is 19.2. The number of fused-ring (bicyclic) bond motifs is 2. The highest BCUT2D eigenvalue weighted by atomic mass is 32.2. The van der Waals surface area contributed by atoms with E-state index in [0.29, 0.717) is 24.6 Å². The summed E-state index contributed by atoms with van der Waals surface area (Å²) in [6.45, 7) is 2.71. The molecule has 2 aromatic carbocycles. The average molecular weight is 492 g/mol. The number of hydrogen-bond acceptors (Lipinski definition) is 8. The van der Waals surface area contributed by atoms with Crippen molar-refractivity contribution < 1.29 is 19.1 Å². The third-order valence-corrected chi connectivity index (χ3v) is 7.68. The van der Waals surface area contributed by atoms with E-state index in [2.05, 4.69) is 26.6 Å². The topological polar surface area (TPSA) is 96.0 Å². The predicted molar refractivity (Wildman–Crippen MR) is 136 cm³/mol. The van der Waals surface area contributed by atoms with Crippen molar-refractivity contribution in [1.82, 2.24) is 10.3 Å². The summed E-state index contributed by atoms with van der Waals surface area (Å²) in [5, 5.41) is 7.24. The lowest BCUT2D eigenvalue weighted by atomic mass is 10.1. The first-order valence-electron chi connectivity index (χ1n) is 11.5. The summed E-state index contributed by atoms with van der Waals surface area (Å²) in [4.78, 5) is 34.1. The van der Waals surface area contributed by atoms with E-state index < -0.39 is 0 Å². The molecule has 2 saturated heterocycles. The quantitative estimate of drug-likeness (QED) is 0.543. The molecule has 10 heteroatoms. The number of amides is 2. The van der Waals surface area contributed by atoms with Gasteiger partial charge in [0.2, 0.25) is 5.91 Å². The lowest BCUT2D eigenvalue weighted by Crippen LogP contribution is -2.59. The summed E-state index contributed by atoms with van der Waals surface area (Å²) >= 11 is 1.50. The summed E-state index contributed by atoms with van der Waals surface area (Å²) in [5.41, 5.74) is 3.39. The Balaban J connectivity index is 1.26. The normalized spacial score (nSPS) is 19.7. The fourth-order valence-corrected chi connectivity index (χ4v) is 5.49. The van der Waals surface area contributed by atoms with Gasteiger partial charge in [0.1, 0.15) is 11.9 Å². The molecular weight excluding hydrogens is 466 g/mol. The maximum atomic E-state index is 12.8. The number of cyclic esters (lactones) is 1. The van der Waals surface area contributed by atoms with Crippen molar-refractivity contribution in [2.45, 2.75) is 17.0 Å². The predicted octanol–water partition coefficient (Wildman–Crippen LogP) is 3.09. The second kappa shape index (κ2) is 8.94. The highest BCUT2D eigenvalue weighted by Gasteiger charge is 2.37. The number of anilines is 3. The van der Waals surface area contributed by atoms with Crippen LogP contribution >= 0.6 is 11.8 Å². The van der Waals surface area contributed by atoms with Crippen molar-refractivity contribution in [1.29, 1.82) is 0 Å². The van der Waals surface area contributed by atoms with Gasteiger partial charge in [0, 0.05) is 34.7 Å². The smallest absolute Gasteiger partial charge is 0.414 e.